The second kappa shape index (κ2) is 5.03. The third-order valence-corrected chi connectivity index (χ3v) is 3.19. The van der Waals surface area contributed by atoms with E-state index < -0.39 is 12.1 Å². The Morgan fingerprint density at radius 2 is 2.35 bits per heavy atom. The van der Waals surface area contributed by atoms with Crippen LogP contribution in [-0.4, -0.2) is 25.0 Å². The molecule has 0 saturated heterocycles. The number of ether oxygens (including phenoxy) is 3. The van der Waals surface area contributed by atoms with E-state index in [2.05, 4.69) is 20.7 Å². The van der Waals surface area contributed by atoms with Crippen molar-refractivity contribution in [3.8, 4) is 5.75 Å². The van der Waals surface area contributed by atoms with Gasteiger partial charge in [-0.15, -0.1) is 0 Å². The molecule has 92 valence electrons. The van der Waals surface area contributed by atoms with Gasteiger partial charge >= 0.3 is 5.97 Å². The lowest BCUT2D eigenvalue weighted by molar-refractivity contribution is -0.150. The number of hydrogen-bond acceptors (Lipinski definition) is 5. The lowest BCUT2D eigenvalue weighted by Crippen LogP contribution is -2.19. The molecule has 0 fully saturated rings. The summed E-state index contributed by atoms with van der Waals surface area (Å²) in [7, 11) is 1.22. The molecule has 1 aromatic carbocycles. The van der Waals surface area contributed by atoms with Crippen molar-refractivity contribution in [3.05, 3.63) is 27.7 Å². The molecule has 0 saturated carbocycles. The number of methoxy groups -OCH3 is 1. The highest BCUT2D eigenvalue weighted by molar-refractivity contribution is 9.10. The SMILES string of the molecule is COC(=O)C(O)c1c(Br)ccc2c1COCO2. The maximum atomic E-state index is 11.4. The van der Waals surface area contributed by atoms with E-state index in [9.17, 15) is 9.90 Å². The average molecular weight is 303 g/mol. The Morgan fingerprint density at radius 1 is 1.59 bits per heavy atom. The Hall–Kier alpha value is -1.11. The number of hydrogen-bond donors (Lipinski definition) is 1. The molecular formula is C11H11BrO5. The molecule has 0 aromatic heterocycles. The Labute approximate surface area is 106 Å². The van der Waals surface area contributed by atoms with Crippen molar-refractivity contribution in [1.82, 2.24) is 0 Å². The van der Waals surface area contributed by atoms with Crippen molar-refractivity contribution in [1.29, 1.82) is 0 Å². The number of aliphatic hydroxyl groups excluding tert-OH is 1. The van der Waals surface area contributed by atoms with Crippen molar-refractivity contribution >= 4 is 21.9 Å². The molecule has 0 radical (unpaired) electrons. The molecule has 0 aliphatic carbocycles. The van der Waals surface area contributed by atoms with Crippen LogP contribution in [0.1, 0.15) is 17.2 Å². The number of carbonyl (C=O) groups excluding carboxylic acids is 1. The fourth-order valence-electron chi connectivity index (χ4n) is 1.67. The minimum Gasteiger partial charge on any atom is -0.467 e. The first-order chi connectivity index (χ1) is 8.15. The number of esters is 1. The highest BCUT2D eigenvalue weighted by Gasteiger charge is 2.27. The highest BCUT2D eigenvalue weighted by Crippen LogP contribution is 2.36. The van der Waals surface area contributed by atoms with Gasteiger partial charge in [-0.3, -0.25) is 0 Å². The zero-order chi connectivity index (χ0) is 12.4. The Bertz CT molecular complexity index is 446. The van der Waals surface area contributed by atoms with E-state index in [-0.39, 0.29) is 13.4 Å². The van der Waals surface area contributed by atoms with E-state index >= 15 is 0 Å². The minimum absolute atomic E-state index is 0.169. The zero-order valence-electron chi connectivity index (χ0n) is 9.10. The molecule has 0 spiro atoms. The van der Waals surface area contributed by atoms with E-state index in [1.165, 1.54) is 7.11 Å². The number of aliphatic hydroxyl groups is 1. The van der Waals surface area contributed by atoms with Gasteiger partial charge in [-0.25, -0.2) is 4.79 Å². The van der Waals surface area contributed by atoms with Crippen LogP contribution < -0.4 is 4.74 Å². The number of carbonyl (C=O) groups is 1. The highest BCUT2D eigenvalue weighted by atomic mass is 79.9. The summed E-state index contributed by atoms with van der Waals surface area (Å²) in [5.41, 5.74) is 1.08. The third kappa shape index (κ3) is 2.29. The average Bonchev–Trinajstić information content (AvgIpc) is 2.37. The van der Waals surface area contributed by atoms with E-state index in [0.717, 1.165) is 0 Å². The molecule has 6 heteroatoms. The molecule has 1 unspecified atom stereocenters. The summed E-state index contributed by atoms with van der Waals surface area (Å²) >= 11 is 3.29. The molecule has 1 N–H and O–H groups in total. The predicted molar refractivity (Wildman–Crippen MR) is 61.4 cm³/mol. The molecule has 1 atom stereocenters. The smallest absolute Gasteiger partial charge is 0.339 e. The molecule has 1 aromatic rings. The van der Waals surface area contributed by atoms with Crippen molar-refractivity contribution < 1.29 is 24.1 Å². The summed E-state index contributed by atoms with van der Waals surface area (Å²) in [6.45, 7) is 0.459. The van der Waals surface area contributed by atoms with Gasteiger partial charge in [0, 0.05) is 15.6 Å². The molecular weight excluding hydrogens is 292 g/mol. The van der Waals surface area contributed by atoms with Gasteiger partial charge < -0.3 is 19.3 Å². The van der Waals surface area contributed by atoms with Gasteiger partial charge in [-0.05, 0) is 12.1 Å². The van der Waals surface area contributed by atoms with Crippen LogP contribution in [0.5, 0.6) is 5.75 Å². The second-order valence-corrected chi connectivity index (χ2v) is 4.33. The van der Waals surface area contributed by atoms with Crippen molar-refractivity contribution in [3.63, 3.8) is 0 Å². The van der Waals surface area contributed by atoms with Gasteiger partial charge in [0.05, 0.1) is 13.7 Å². The first-order valence-corrected chi connectivity index (χ1v) is 5.72. The largest absolute Gasteiger partial charge is 0.467 e. The molecule has 1 aliphatic rings. The number of fused-ring (bicyclic) bond motifs is 1. The van der Waals surface area contributed by atoms with Gasteiger partial charge in [0.2, 0.25) is 0 Å². The minimum atomic E-state index is -1.35. The molecule has 5 nitrogen and oxygen atoms in total. The van der Waals surface area contributed by atoms with Crippen LogP contribution in [-0.2, 0) is 20.9 Å². The maximum Gasteiger partial charge on any atom is 0.339 e. The first-order valence-electron chi connectivity index (χ1n) is 4.93. The summed E-state index contributed by atoms with van der Waals surface area (Å²) in [6, 6.07) is 3.47. The van der Waals surface area contributed by atoms with E-state index in [1.807, 2.05) is 0 Å². The Kier molecular flexibility index (Phi) is 3.66. The number of rotatable bonds is 2. The molecule has 17 heavy (non-hydrogen) atoms. The maximum absolute atomic E-state index is 11.4. The molecule has 2 rings (SSSR count). The summed E-state index contributed by atoms with van der Waals surface area (Å²) in [5, 5.41) is 9.91. The molecule has 0 amide bonds. The molecule has 1 aliphatic heterocycles. The standard InChI is InChI=1S/C11H11BrO5/c1-15-11(14)10(13)9-6-4-16-5-17-8(6)3-2-7(9)12/h2-3,10,13H,4-5H2,1H3. The van der Waals surface area contributed by atoms with Gasteiger partial charge in [0.15, 0.2) is 12.9 Å². The van der Waals surface area contributed by atoms with E-state index in [0.29, 0.717) is 21.3 Å². The topological polar surface area (TPSA) is 65.0 Å². The number of halogens is 1. The zero-order valence-corrected chi connectivity index (χ0v) is 10.7. The monoisotopic (exact) mass is 302 g/mol. The molecule has 0 bridgehead atoms. The lowest BCUT2D eigenvalue weighted by atomic mass is 10.0. The number of benzene rings is 1. The van der Waals surface area contributed by atoms with Gasteiger partial charge in [-0.2, -0.15) is 0 Å². The van der Waals surface area contributed by atoms with Crippen LogP contribution in [0.3, 0.4) is 0 Å². The van der Waals surface area contributed by atoms with Gasteiger partial charge in [0.25, 0.3) is 0 Å². The van der Waals surface area contributed by atoms with Gasteiger partial charge in [-0.1, -0.05) is 15.9 Å². The normalized spacial score (nSPS) is 15.7. The van der Waals surface area contributed by atoms with Crippen molar-refractivity contribution in [2.75, 3.05) is 13.9 Å². The fourth-order valence-corrected chi connectivity index (χ4v) is 2.26. The fraction of sp³-hybridized carbons (Fsp3) is 0.364. The summed E-state index contributed by atoms with van der Waals surface area (Å²) < 4.78 is 15.6. The van der Waals surface area contributed by atoms with Crippen LogP contribution in [0.2, 0.25) is 0 Å². The first kappa shape index (κ1) is 12.3. The van der Waals surface area contributed by atoms with E-state index in [1.54, 1.807) is 12.1 Å². The quantitative estimate of drug-likeness (QED) is 0.839. The summed E-state index contributed by atoms with van der Waals surface area (Å²) in [4.78, 5) is 11.4. The Morgan fingerprint density at radius 3 is 3.06 bits per heavy atom. The van der Waals surface area contributed by atoms with Crippen molar-refractivity contribution in [2.45, 2.75) is 12.7 Å². The van der Waals surface area contributed by atoms with E-state index in [4.69, 9.17) is 9.47 Å². The molecule has 1 heterocycles. The van der Waals surface area contributed by atoms with Crippen molar-refractivity contribution in [2.24, 2.45) is 0 Å². The van der Waals surface area contributed by atoms with Crippen LogP contribution in [0.15, 0.2) is 16.6 Å². The van der Waals surface area contributed by atoms with Gasteiger partial charge in [0.1, 0.15) is 5.75 Å². The summed E-state index contributed by atoms with van der Waals surface area (Å²) in [6.07, 6.45) is -1.35. The third-order valence-electron chi connectivity index (χ3n) is 2.50. The van der Waals surface area contributed by atoms with Crippen LogP contribution >= 0.6 is 15.9 Å². The van der Waals surface area contributed by atoms with Crippen LogP contribution in [0, 0.1) is 0 Å². The van der Waals surface area contributed by atoms with Crippen LogP contribution in [0.4, 0.5) is 0 Å². The summed E-state index contributed by atoms with van der Waals surface area (Å²) in [5.74, 6) is -0.109. The van der Waals surface area contributed by atoms with Crippen LogP contribution in [0.25, 0.3) is 0 Å². The predicted octanol–water partition coefficient (Wildman–Crippen LogP) is 1.52. The lowest BCUT2D eigenvalue weighted by Gasteiger charge is -2.23. The second-order valence-electron chi connectivity index (χ2n) is 3.47. The Balaban J connectivity index is 2.48.